The molecule has 8 nitrogen and oxygen atoms in total. The molecule has 0 radical (unpaired) electrons. The van der Waals surface area contributed by atoms with Crippen LogP contribution >= 0.6 is 11.6 Å². The Morgan fingerprint density at radius 3 is 2.40 bits per heavy atom. The van der Waals surface area contributed by atoms with E-state index in [0.717, 1.165) is 12.8 Å². The molecule has 1 aliphatic carbocycles. The Labute approximate surface area is 207 Å². The van der Waals surface area contributed by atoms with E-state index in [2.05, 4.69) is 16.0 Å². The van der Waals surface area contributed by atoms with Crippen LogP contribution in [0.3, 0.4) is 0 Å². The van der Waals surface area contributed by atoms with Crippen molar-refractivity contribution < 1.29 is 23.9 Å². The Balaban J connectivity index is 1.37. The monoisotopic (exact) mass is 493 g/mol. The van der Waals surface area contributed by atoms with Crippen LogP contribution in [-0.4, -0.2) is 37.5 Å². The zero-order valence-corrected chi connectivity index (χ0v) is 19.7. The molecule has 1 saturated carbocycles. The van der Waals surface area contributed by atoms with Gasteiger partial charge in [-0.15, -0.1) is 0 Å². The Hall–Kier alpha value is -4.04. The average Bonchev–Trinajstić information content (AvgIpc) is 3.67. The van der Waals surface area contributed by atoms with E-state index < -0.39 is 11.8 Å². The van der Waals surface area contributed by atoms with Gasteiger partial charge in [0.15, 0.2) is 6.61 Å². The van der Waals surface area contributed by atoms with Gasteiger partial charge in [0.05, 0.1) is 17.7 Å². The molecule has 1 aliphatic rings. The number of anilines is 2. The standard InChI is InChI=1S/C26H24ClN3O5/c1-34-23-12-11-19(14-21(23)27)28-24(31)15-35-22-8-3-2-7-20(22)26(33)30-18-6-4-5-16(13-18)25(32)29-17-9-10-17/h2-8,11-14,17H,9-10,15H2,1H3,(H,28,31)(H,29,32)(H,30,33). The van der Waals surface area contributed by atoms with E-state index in [1.54, 1.807) is 66.7 Å². The highest BCUT2D eigenvalue weighted by molar-refractivity contribution is 6.32. The Kier molecular flexibility index (Phi) is 7.52. The van der Waals surface area contributed by atoms with E-state index in [9.17, 15) is 14.4 Å². The second kappa shape index (κ2) is 10.9. The SMILES string of the molecule is COc1ccc(NC(=O)COc2ccccc2C(=O)Nc2cccc(C(=O)NC3CC3)c2)cc1Cl. The first kappa shape index (κ1) is 24.1. The molecular formula is C26H24ClN3O5. The maximum absolute atomic E-state index is 12.9. The van der Waals surface area contributed by atoms with Gasteiger partial charge in [-0.05, 0) is 61.4 Å². The lowest BCUT2D eigenvalue weighted by atomic mass is 10.1. The number of amides is 3. The highest BCUT2D eigenvalue weighted by Gasteiger charge is 2.24. The van der Waals surface area contributed by atoms with Crippen LogP contribution < -0.4 is 25.4 Å². The molecule has 3 amide bonds. The van der Waals surface area contributed by atoms with Gasteiger partial charge < -0.3 is 25.4 Å². The minimum atomic E-state index is -0.428. The fourth-order valence-electron chi connectivity index (χ4n) is 3.30. The van der Waals surface area contributed by atoms with Gasteiger partial charge in [0, 0.05) is 23.0 Å². The number of ether oxygens (including phenoxy) is 2. The van der Waals surface area contributed by atoms with Crippen molar-refractivity contribution in [2.75, 3.05) is 24.4 Å². The zero-order chi connectivity index (χ0) is 24.8. The second-order valence-electron chi connectivity index (χ2n) is 7.97. The summed E-state index contributed by atoms with van der Waals surface area (Å²) >= 11 is 6.09. The molecule has 9 heteroatoms. The van der Waals surface area contributed by atoms with Gasteiger partial charge in [0.2, 0.25) is 0 Å². The van der Waals surface area contributed by atoms with Gasteiger partial charge in [-0.3, -0.25) is 14.4 Å². The number of carbonyl (C=O) groups is 3. The van der Waals surface area contributed by atoms with E-state index in [1.165, 1.54) is 7.11 Å². The normalized spacial score (nSPS) is 12.4. The van der Waals surface area contributed by atoms with Crippen LogP contribution in [0.2, 0.25) is 5.02 Å². The van der Waals surface area contributed by atoms with Crippen molar-refractivity contribution in [1.82, 2.24) is 5.32 Å². The van der Waals surface area contributed by atoms with Crippen LogP contribution in [0.15, 0.2) is 66.7 Å². The number of rotatable bonds is 9. The summed E-state index contributed by atoms with van der Waals surface area (Å²) in [5.74, 6) is -0.277. The van der Waals surface area contributed by atoms with Crippen LogP contribution in [0.25, 0.3) is 0 Å². The molecule has 3 aromatic carbocycles. The quantitative estimate of drug-likeness (QED) is 0.406. The lowest BCUT2D eigenvalue weighted by molar-refractivity contribution is -0.118. The van der Waals surface area contributed by atoms with Crippen molar-refractivity contribution in [3.63, 3.8) is 0 Å². The highest BCUT2D eigenvalue weighted by Crippen LogP contribution is 2.27. The summed E-state index contributed by atoms with van der Waals surface area (Å²) < 4.78 is 10.7. The summed E-state index contributed by atoms with van der Waals surface area (Å²) in [5.41, 5.74) is 1.68. The maximum atomic E-state index is 12.9. The second-order valence-corrected chi connectivity index (χ2v) is 8.37. The third-order valence-corrected chi connectivity index (χ3v) is 5.52. The van der Waals surface area contributed by atoms with E-state index in [-0.39, 0.29) is 29.9 Å². The van der Waals surface area contributed by atoms with Crippen LogP contribution in [0.4, 0.5) is 11.4 Å². The van der Waals surface area contributed by atoms with Crippen molar-refractivity contribution in [3.8, 4) is 11.5 Å². The van der Waals surface area contributed by atoms with Gasteiger partial charge in [0.1, 0.15) is 11.5 Å². The zero-order valence-electron chi connectivity index (χ0n) is 19.0. The molecule has 0 aromatic heterocycles. The van der Waals surface area contributed by atoms with Gasteiger partial charge in [-0.2, -0.15) is 0 Å². The fraction of sp³-hybridized carbons (Fsp3) is 0.192. The predicted molar refractivity (Wildman–Crippen MR) is 133 cm³/mol. The lowest BCUT2D eigenvalue weighted by Crippen LogP contribution is -2.25. The summed E-state index contributed by atoms with van der Waals surface area (Å²) in [6.07, 6.45) is 1.98. The third kappa shape index (κ3) is 6.51. The molecule has 35 heavy (non-hydrogen) atoms. The van der Waals surface area contributed by atoms with Gasteiger partial charge >= 0.3 is 0 Å². The van der Waals surface area contributed by atoms with Crippen molar-refractivity contribution in [3.05, 3.63) is 82.9 Å². The Morgan fingerprint density at radius 2 is 1.66 bits per heavy atom. The molecule has 180 valence electrons. The van der Waals surface area contributed by atoms with E-state index >= 15 is 0 Å². The number of para-hydroxylation sites is 1. The van der Waals surface area contributed by atoms with Crippen LogP contribution in [0, 0.1) is 0 Å². The van der Waals surface area contributed by atoms with Crippen LogP contribution in [-0.2, 0) is 4.79 Å². The summed E-state index contributed by atoms with van der Waals surface area (Å²) in [6.45, 7) is -0.315. The van der Waals surface area contributed by atoms with Gasteiger partial charge in [-0.25, -0.2) is 0 Å². The largest absolute Gasteiger partial charge is 0.495 e. The molecule has 3 N–H and O–H groups in total. The number of carbonyl (C=O) groups excluding carboxylic acids is 3. The predicted octanol–water partition coefficient (Wildman–Crippen LogP) is 4.51. The van der Waals surface area contributed by atoms with E-state index in [4.69, 9.17) is 21.1 Å². The minimum absolute atomic E-state index is 0.170. The number of halogens is 1. The number of hydrogen-bond donors (Lipinski definition) is 3. The molecule has 0 unspecified atom stereocenters. The smallest absolute Gasteiger partial charge is 0.262 e. The van der Waals surface area contributed by atoms with Crippen LogP contribution in [0.1, 0.15) is 33.6 Å². The molecule has 4 rings (SSSR count). The molecule has 0 atom stereocenters. The minimum Gasteiger partial charge on any atom is -0.495 e. The molecular weight excluding hydrogens is 470 g/mol. The molecule has 0 aliphatic heterocycles. The topological polar surface area (TPSA) is 106 Å². The maximum Gasteiger partial charge on any atom is 0.262 e. The number of benzene rings is 3. The molecule has 3 aromatic rings. The fourth-order valence-corrected chi connectivity index (χ4v) is 3.56. The molecule has 0 heterocycles. The lowest BCUT2D eigenvalue weighted by Gasteiger charge is -2.13. The summed E-state index contributed by atoms with van der Waals surface area (Å²) in [7, 11) is 1.50. The summed E-state index contributed by atoms with van der Waals surface area (Å²) in [4.78, 5) is 37.6. The number of nitrogens with one attached hydrogen (secondary N) is 3. The first-order valence-electron chi connectivity index (χ1n) is 11.0. The highest BCUT2D eigenvalue weighted by atomic mass is 35.5. The van der Waals surface area contributed by atoms with E-state index in [0.29, 0.717) is 27.7 Å². The van der Waals surface area contributed by atoms with Crippen molar-refractivity contribution in [1.29, 1.82) is 0 Å². The first-order valence-corrected chi connectivity index (χ1v) is 11.4. The molecule has 0 spiro atoms. The molecule has 0 saturated heterocycles. The number of methoxy groups -OCH3 is 1. The first-order chi connectivity index (χ1) is 16.9. The average molecular weight is 494 g/mol. The molecule has 1 fully saturated rings. The third-order valence-electron chi connectivity index (χ3n) is 5.22. The van der Waals surface area contributed by atoms with Crippen molar-refractivity contribution >= 4 is 40.7 Å². The van der Waals surface area contributed by atoms with Gasteiger partial charge in [-0.1, -0.05) is 29.8 Å². The Bertz CT molecular complexity index is 1260. The molecule has 0 bridgehead atoms. The van der Waals surface area contributed by atoms with Gasteiger partial charge in [0.25, 0.3) is 17.7 Å². The number of hydrogen-bond acceptors (Lipinski definition) is 5. The van der Waals surface area contributed by atoms with Crippen LogP contribution in [0.5, 0.6) is 11.5 Å². The van der Waals surface area contributed by atoms with Crippen molar-refractivity contribution in [2.45, 2.75) is 18.9 Å². The summed E-state index contributed by atoms with van der Waals surface area (Å²) in [5, 5.41) is 8.75. The summed E-state index contributed by atoms with van der Waals surface area (Å²) in [6, 6.07) is 18.4. The van der Waals surface area contributed by atoms with E-state index in [1.807, 2.05) is 0 Å². The Morgan fingerprint density at radius 1 is 0.886 bits per heavy atom. The van der Waals surface area contributed by atoms with Crippen molar-refractivity contribution in [2.24, 2.45) is 0 Å².